The van der Waals surface area contributed by atoms with E-state index in [0.717, 1.165) is 6.42 Å². The van der Waals surface area contributed by atoms with E-state index < -0.39 is 0 Å². The third-order valence-corrected chi connectivity index (χ3v) is 2.46. The maximum atomic E-state index is 11.5. The first-order chi connectivity index (χ1) is 7.11. The summed E-state index contributed by atoms with van der Waals surface area (Å²) in [5, 5.41) is 3.29. The number of amides is 1. The van der Waals surface area contributed by atoms with Crippen molar-refractivity contribution >= 4 is 23.3 Å². The first-order valence-electron chi connectivity index (χ1n) is 5.03. The molecular formula is C11H15ClN2O. The van der Waals surface area contributed by atoms with E-state index in [0.29, 0.717) is 23.2 Å². The van der Waals surface area contributed by atoms with Crippen molar-refractivity contribution in [3.8, 4) is 0 Å². The lowest BCUT2D eigenvalue weighted by atomic mass is 10.1. The van der Waals surface area contributed by atoms with E-state index in [-0.39, 0.29) is 5.91 Å². The minimum absolute atomic E-state index is 0.0147. The predicted octanol–water partition coefficient (Wildman–Crippen LogP) is 3.11. The predicted molar refractivity (Wildman–Crippen MR) is 61.9 cm³/mol. The van der Waals surface area contributed by atoms with Gasteiger partial charge in [0.2, 0.25) is 5.91 Å². The molecule has 0 radical (unpaired) electrons. The Morgan fingerprint density at radius 2 is 2.40 bits per heavy atom. The number of aromatic nitrogens is 1. The summed E-state index contributed by atoms with van der Waals surface area (Å²) in [7, 11) is 0. The Hall–Kier alpha value is -1.09. The number of pyridine rings is 1. The number of carbonyl (C=O) groups is 1. The highest BCUT2D eigenvalue weighted by Crippen LogP contribution is 2.13. The van der Waals surface area contributed by atoms with Crippen LogP contribution in [-0.4, -0.2) is 10.9 Å². The molecule has 1 N–H and O–H groups in total. The van der Waals surface area contributed by atoms with E-state index in [4.69, 9.17) is 11.6 Å². The largest absolute Gasteiger partial charge is 0.311 e. The second-order valence-electron chi connectivity index (χ2n) is 3.63. The van der Waals surface area contributed by atoms with Crippen LogP contribution in [0.25, 0.3) is 0 Å². The first-order valence-corrected chi connectivity index (χ1v) is 5.41. The van der Waals surface area contributed by atoms with E-state index >= 15 is 0 Å². The number of anilines is 1. The molecule has 1 atom stereocenters. The number of rotatable bonds is 4. The van der Waals surface area contributed by atoms with Crippen molar-refractivity contribution in [1.29, 1.82) is 0 Å². The van der Waals surface area contributed by atoms with Crippen molar-refractivity contribution in [1.82, 2.24) is 4.98 Å². The molecule has 1 amide bonds. The Labute approximate surface area is 94.9 Å². The fourth-order valence-corrected chi connectivity index (χ4v) is 1.29. The number of nitrogens with zero attached hydrogens (tertiary/aromatic N) is 1. The Morgan fingerprint density at radius 1 is 1.67 bits per heavy atom. The monoisotopic (exact) mass is 226 g/mol. The Kier molecular flexibility index (Phi) is 4.56. The third-order valence-electron chi connectivity index (χ3n) is 2.22. The molecule has 0 fully saturated rings. The molecule has 3 nitrogen and oxygen atoms in total. The summed E-state index contributed by atoms with van der Waals surface area (Å²) in [5.41, 5.74) is 0. The van der Waals surface area contributed by atoms with E-state index in [2.05, 4.69) is 17.2 Å². The van der Waals surface area contributed by atoms with Gasteiger partial charge in [0.15, 0.2) is 0 Å². The zero-order chi connectivity index (χ0) is 11.3. The Bertz CT molecular complexity index is 341. The van der Waals surface area contributed by atoms with Crippen molar-refractivity contribution in [3.63, 3.8) is 0 Å². The van der Waals surface area contributed by atoms with Crippen molar-refractivity contribution < 1.29 is 4.79 Å². The number of halogens is 1. The molecule has 1 aromatic rings. The zero-order valence-corrected chi connectivity index (χ0v) is 9.71. The van der Waals surface area contributed by atoms with Gasteiger partial charge in [0.25, 0.3) is 0 Å². The van der Waals surface area contributed by atoms with E-state index in [1.165, 1.54) is 0 Å². The van der Waals surface area contributed by atoms with Gasteiger partial charge in [-0.1, -0.05) is 31.9 Å². The normalized spacial score (nSPS) is 12.2. The van der Waals surface area contributed by atoms with Crippen LogP contribution < -0.4 is 5.32 Å². The minimum atomic E-state index is -0.0147. The molecule has 0 aliphatic rings. The summed E-state index contributed by atoms with van der Waals surface area (Å²) >= 11 is 5.77. The second kappa shape index (κ2) is 5.71. The molecular weight excluding hydrogens is 212 g/mol. The molecule has 0 aromatic carbocycles. The van der Waals surface area contributed by atoms with Gasteiger partial charge in [-0.05, 0) is 18.1 Å². The highest BCUT2D eigenvalue weighted by Gasteiger charge is 2.07. The average molecular weight is 227 g/mol. The summed E-state index contributed by atoms with van der Waals surface area (Å²) < 4.78 is 0. The van der Waals surface area contributed by atoms with Crippen molar-refractivity contribution in [2.24, 2.45) is 5.92 Å². The van der Waals surface area contributed by atoms with Gasteiger partial charge in [0.1, 0.15) is 5.82 Å². The van der Waals surface area contributed by atoms with Crippen LogP contribution in [0.4, 0.5) is 5.82 Å². The smallest absolute Gasteiger partial charge is 0.225 e. The quantitative estimate of drug-likeness (QED) is 0.857. The molecule has 1 aromatic heterocycles. The van der Waals surface area contributed by atoms with Crippen molar-refractivity contribution in [2.45, 2.75) is 26.7 Å². The van der Waals surface area contributed by atoms with Crippen molar-refractivity contribution in [2.75, 3.05) is 5.32 Å². The van der Waals surface area contributed by atoms with Gasteiger partial charge in [-0.2, -0.15) is 0 Å². The van der Waals surface area contributed by atoms with Gasteiger partial charge in [-0.25, -0.2) is 4.98 Å². The van der Waals surface area contributed by atoms with Gasteiger partial charge >= 0.3 is 0 Å². The molecule has 1 heterocycles. The van der Waals surface area contributed by atoms with Crippen LogP contribution in [0.2, 0.25) is 5.02 Å². The standard InChI is InChI=1S/C11H15ClN2O/c1-3-8(2)6-11(15)14-10-7-9(12)4-5-13-10/h4-5,7-8H,3,6H2,1-2H3,(H,13,14,15). The van der Waals surface area contributed by atoms with Gasteiger partial charge < -0.3 is 5.32 Å². The van der Waals surface area contributed by atoms with Crippen LogP contribution in [0, 0.1) is 5.92 Å². The summed E-state index contributed by atoms with van der Waals surface area (Å²) in [6, 6.07) is 3.31. The molecule has 0 aliphatic carbocycles. The third kappa shape index (κ3) is 4.30. The molecule has 0 spiro atoms. The van der Waals surface area contributed by atoms with Crippen molar-refractivity contribution in [3.05, 3.63) is 23.4 Å². The number of nitrogens with one attached hydrogen (secondary N) is 1. The summed E-state index contributed by atoms with van der Waals surface area (Å²) in [6.45, 7) is 4.11. The van der Waals surface area contributed by atoms with Crippen LogP contribution >= 0.6 is 11.6 Å². The maximum absolute atomic E-state index is 11.5. The van der Waals surface area contributed by atoms with Crippen LogP contribution in [-0.2, 0) is 4.79 Å². The lowest BCUT2D eigenvalue weighted by molar-refractivity contribution is -0.117. The topological polar surface area (TPSA) is 42.0 Å². The molecule has 0 aliphatic heterocycles. The maximum Gasteiger partial charge on any atom is 0.225 e. The molecule has 0 saturated heterocycles. The Morgan fingerprint density at radius 3 is 3.00 bits per heavy atom. The highest BCUT2D eigenvalue weighted by molar-refractivity contribution is 6.30. The van der Waals surface area contributed by atoms with E-state index in [9.17, 15) is 4.79 Å². The van der Waals surface area contributed by atoms with Crippen LogP contribution in [0.5, 0.6) is 0 Å². The van der Waals surface area contributed by atoms with E-state index in [1.54, 1.807) is 18.3 Å². The second-order valence-corrected chi connectivity index (χ2v) is 4.06. The molecule has 0 bridgehead atoms. The van der Waals surface area contributed by atoms with Gasteiger partial charge in [0, 0.05) is 17.6 Å². The lowest BCUT2D eigenvalue weighted by Gasteiger charge is -2.08. The minimum Gasteiger partial charge on any atom is -0.311 e. The zero-order valence-electron chi connectivity index (χ0n) is 8.96. The molecule has 1 unspecified atom stereocenters. The SMILES string of the molecule is CCC(C)CC(=O)Nc1cc(Cl)ccn1. The summed E-state index contributed by atoms with van der Waals surface area (Å²) in [4.78, 5) is 15.5. The number of hydrogen-bond acceptors (Lipinski definition) is 2. The van der Waals surface area contributed by atoms with Gasteiger partial charge in [-0.3, -0.25) is 4.79 Å². The fraction of sp³-hybridized carbons (Fsp3) is 0.455. The van der Waals surface area contributed by atoms with Gasteiger partial charge in [-0.15, -0.1) is 0 Å². The van der Waals surface area contributed by atoms with Crippen LogP contribution in [0.1, 0.15) is 26.7 Å². The Balaban J connectivity index is 2.51. The molecule has 4 heteroatoms. The molecule has 82 valence electrons. The first kappa shape index (κ1) is 12.0. The van der Waals surface area contributed by atoms with E-state index in [1.807, 2.05) is 6.92 Å². The molecule has 1 rings (SSSR count). The van der Waals surface area contributed by atoms with Gasteiger partial charge in [0.05, 0.1) is 0 Å². The summed E-state index contributed by atoms with van der Waals surface area (Å²) in [5.74, 6) is 0.888. The number of carbonyl (C=O) groups excluding carboxylic acids is 1. The van der Waals surface area contributed by atoms with Crippen LogP contribution in [0.15, 0.2) is 18.3 Å². The molecule has 0 saturated carbocycles. The molecule has 15 heavy (non-hydrogen) atoms. The van der Waals surface area contributed by atoms with Crippen LogP contribution in [0.3, 0.4) is 0 Å². The summed E-state index contributed by atoms with van der Waals surface area (Å²) in [6.07, 6.45) is 3.09. The lowest BCUT2D eigenvalue weighted by Crippen LogP contribution is -2.15. The average Bonchev–Trinajstić information content (AvgIpc) is 2.17. The number of hydrogen-bond donors (Lipinski definition) is 1. The highest BCUT2D eigenvalue weighted by atomic mass is 35.5. The fourth-order valence-electron chi connectivity index (χ4n) is 1.13.